The standard InChI is InChI=1S/C14H17N3O2S/c1-7-6-10(9(3)20-7)8(2)16-13-11(15)4-5-12(17-13)14(18)19/h4-6,8H,15H2,1-3H3,(H,16,17)(H,18,19). The summed E-state index contributed by atoms with van der Waals surface area (Å²) in [5.41, 5.74) is 7.43. The number of carboxylic acid groups (broad SMARTS) is 1. The lowest BCUT2D eigenvalue weighted by Gasteiger charge is -2.16. The van der Waals surface area contributed by atoms with Crippen LogP contribution in [-0.4, -0.2) is 16.1 Å². The Morgan fingerprint density at radius 2 is 2.15 bits per heavy atom. The first kappa shape index (κ1) is 14.3. The Morgan fingerprint density at radius 1 is 1.45 bits per heavy atom. The van der Waals surface area contributed by atoms with E-state index in [-0.39, 0.29) is 11.7 Å². The molecule has 106 valence electrons. The summed E-state index contributed by atoms with van der Waals surface area (Å²) in [5.74, 6) is -0.663. The third-order valence-corrected chi connectivity index (χ3v) is 4.03. The topological polar surface area (TPSA) is 88.2 Å². The molecule has 1 unspecified atom stereocenters. The van der Waals surface area contributed by atoms with Gasteiger partial charge in [-0.15, -0.1) is 11.3 Å². The van der Waals surface area contributed by atoms with E-state index in [1.54, 1.807) is 17.4 Å². The second-order valence-electron chi connectivity index (χ2n) is 4.67. The van der Waals surface area contributed by atoms with Crippen molar-refractivity contribution in [2.24, 2.45) is 0 Å². The number of aromatic carboxylic acids is 1. The molecule has 20 heavy (non-hydrogen) atoms. The maximum atomic E-state index is 10.9. The van der Waals surface area contributed by atoms with Crippen LogP contribution in [0.3, 0.4) is 0 Å². The third kappa shape index (κ3) is 2.91. The average molecular weight is 291 g/mol. The van der Waals surface area contributed by atoms with Gasteiger partial charge in [0.05, 0.1) is 11.7 Å². The van der Waals surface area contributed by atoms with Gasteiger partial charge in [-0.25, -0.2) is 9.78 Å². The first-order valence-corrected chi connectivity index (χ1v) is 7.03. The predicted molar refractivity (Wildman–Crippen MR) is 81.4 cm³/mol. The number of thiophene rings is 1. The Kier molecular flexibility index (Phi) is 3.94. The molecule has 0 aromatic carbocycles. The highest BCUT2D eigenvalue weighted by Crippen LogP contribution is 2.29. The van der Waals surface area contributed by atoms with Gasteiger partial charge in [-0.05, 0) is 44.5 Å². The average Bonchev–Trinajstić information content (AvgIpc) is 2.71. The Balaban J connectivity index is 2.27. The van der Waals surface area contributed by atoms with Crippen LogP contribution in [0.2, 0.25) is 0 Å². The number of nitrogens with one attached hydrogen (secondary N) is 1. The summed E-state index contributed by atoms with van der Waals surface area (Å²) in [6, 6.07) is 5.08. The number of carbonyl (C=O) groups is 1. The number of nitrogens with two attached hydrogens (primary N) is 1. The molecule has 0 aliphatic carbocycles. The number of carboxylic acids is 1. The molecule has 2 aromatic heterocycles. The van der Waals surface area contributed by atoms with Crippen LogP contribution >= 0.6 is 11.3 Å². The highest BCUT2D eigenvalue weighted by Gasteiger charge is 2.14. The van der Waals surface area contributed by atoms with Gasteiger partial charge in [0.25, 0.3) is 0 Å². The van der Waals surface area contributed by atoms with Crippen LogP contribution in [0.15, 0.2) is 18.2 Å². The first-order valence-electron chi connectivity index (χ1n) is 6.21. The van der Waals surface area contributed by atoms with Crippen molar-refractivity contribution in [1.29, 1.82) is 0 Å². The van der Waals surface area contributed by atoms with Crippen LogP contribution in [0.5, 0.6) is 0 Å². The summed E-state index contributed by atoms with van der Waals surface area (Å²) >= 11 is 1.73. The molecular formula is C14H17N3O2S. The van der Waals surface area contributed by atoms with Crippen LogP contribution < -0.4 is 11.1 Å². The van der Waals surface area contributed by atoms with Crippen LogP contribution in [0.1, 0.15) is 38.8 Å². The predicted octanol–water partition coefficient (Wildman–Crippen LogP) is 3.21. The molecule has 0 saturated heterocycles. The van der Waals surface area contributed by atoms with Gasteiger partial charge >= 0.3 is 5.97 Å². The maximum absolute atomic E-state index is 10.9. The van der Waals surface area contributed by atoms with E-state index < -0.39 is 5.97 Å². The Morgan fingerprint density at radius 3 is 2.70 bits per heavy atom. The SMILES string of the molecule is Cc1cc(C(C)Nc2nc(C(=O)O)ccc2N)c(C)s1. The molecule has 2 rings (SSSR count). The molecule has 0 saturated carbocycles. The van der Waals surface area contributed by atoms with E-state index in [1.165, 1.54) is 21.4 Å². The second-order valence-corrected chi connectivity index (χ2v) is 6.13. The summed E-state index contributed by atoms with van der Waals surface area (Å²) in [4.78, 5) is 17.5. The summed E-state index contributed by atoms with van der Waals surface area (Å²) in [7, 11) is 0. The van der Waals surface area contributed by atoms with E-state index in [9.17, 15) is 4.79 Å². The van der Waals surface area contributed by atoms with Crippen molar-refractivity contribution in [3.05, 3.63) is 39.2 Å². The minimum Gasteiger partial charge on any atom is -0.477 e. The van der Waals surface area contributed by atoms with E-state index >= 15 is 0 Å². The molecule has 0 radical (unpaired) electrons. The van der Waals surface area contributed by atoms with Gasteiger partial charge in [0.1, 0.15) is 0 Å². The number of hydrogen-bond acceptors (Lipinski definition) is 5. The molecule has 6 heteroatoms. The molecule has 5 nitrogen and oxygen atoms in total. The van der Waals surface area contributed by atoms with Gasteiger partial charge in [-0.1, -0.05) is 0 Å². The lowest BCUT2D eigenvalue weighted by molar-refractivity contribution is 0.0690. The quantitative estimate of drug-likeness (QED) is 0.805. The van der Waals surface area contributed by atoms with E-state index in [1.807, 2.05) is 6.92 Å². The second kappa shape index (κ2) is 5.50. The fourth-order valence-corrected chi connectivity index (χ4v) is 3.09. The first-order chi connectivity index (χ1) is 9.38. The van der Waals surface area contributed by atoms with Gasteiger partial charge in [0.2, 0.25) is 0 Å². The Labute approximate surface area is 121 Å². The molecule has 0 aliphatic rings. The molecular weight excluding hydrogens is 274 g/mol. The largest absolute Gasteiger partial charge is 0.477 e. The van der Waals surface area contributed by atoms with E-state index in [0.29, 0.717) is 11.5 Å². The number of aryl methyl sites for hydroxylation is 2. The molecule has 1 atom stereocenters. The fourth-order valence-electron chi connectivity index (χ4n) is 2.07. The van der Waals surface area contributed by atoms with Crippen LogP contribution in [0.4, 0.5) is 11.5 Å². The summed E-state index contributed by atoms with van der Waals surface area (Å²) in [5, 5.41) is 12.2. The number of aromatic nitrogens is 1. The molecule has 2 aromatic rings. The van der Waals surface area contributed by atoms with Crippen molar-refractivity contribution < 1.29 is 9.90 Å². The number of hydrogen-bond donors (Lipinski definition) is 3. The third-order valence-electron chi connectivity index (χ3n) is 3.04. The van der Waals surface area contributed by atoms with Crippen LogP contribution in [0.25, 0.3) is 0 Å². The summed E-state index contributed by atoms with van der Waals surface area (Å²) < 4.78 is 0. The van der Waals surface area contributed by atoms with E-state index in [0.717, 1.165) is 0 Å². The zero-order valence-corrected chi connectivity index (χ0v) is 12.4. The molecule has 0 amide bonds. The van der Waals surface area contributed by atoms with Crippen molar-refractivity contribution in [1.82, 2.24) is 4.98 Å². The molecule has 0 aliphatic heterocycles. The molecule has 0 bridgehead atoms. The smallest absolute Gasteiger partial charge is 0.354 e. The van der Waals surface area contributed by atoms with E-state index in [2.05, 4.69) is 30.2 Å². The molecule has 0 spiro atoms. The highest BCUT2D eigenvalue weighted by atomic mass is 32.1. The monoisotopic (exact) mass is 291 g/mol. The lowest BCUT2D eigenvalue weighted by atomic mass is 10.1. The zero-order chi connectivity index (χ0) is 14.9. The number of nitrogen functional groups attached to an aromatic ring is 1. The summed E-state index contributed by atoms with van der Waals surface area (Å²) in [6.45, 7) is 6.13. The fraction of sp³-hybridized carbons (Fsp3) is 0.286. The minimum atomic E-state index is -1.07. The maximum Gasteiger partial charge on any atom is 0.354 e. The lowest BCUT2D eigenvalue weighted by Crippen LogP contribution is -2.12. The molecule has 4 N–H and O–H groups in total. The Bertz CT molecular complexity index is 652. The van der Waals surface area contributed by atoms with Gasteiger partial charge in [0.15, 0.2) is 11.5 Å². The number of pyridine rings is 1. The molecule has 0 fully saturated rings. The van der Waals surface area contributed by atoms with E-state index in [4.69, 9.17) is 10.8 Å². The number of rotatable bonds is 4. The van der Waals surface area contributed by atoms with Crippen molar-refractivity contribution in [2.45, 2.75) is 26.8 Å². The Hall–Kier alpha value is -2.08. The van der Waals surface area contributed by atoms with Gasteiger partial charge in [-0.2, -0.15) is 0 Å². The number of anilines is 2. The van der Waals surface area contributed by atoms with Gasteiger partial charge in [-0.3, -0.25) is 0 Å². The van der Waals surface area contributed by atoms with Gasteiger partial charge < -0.3 is 16.2 Å². The van der Waals surface area contributed by atoms with Crippen molar-refractivity contribution in [2.75, 3.05) is 11.1 Å². The van der Waals surface area contributed by atoms with Crippen LogP contribution in [0, 0.1) is 13.8 Å². The van der Waals surface area contributed by atoms with Crippen molar-refractivity contribution in [3.63, 3.8) is 0 Å². The van der Waals surface area contributed by atoms with Crippen LogP contribution in [-0.2, 0) is 0 Å². The van der Waals surface area contributed by atoms with Gasteiger partial charge in [0, 0.05) is 9.75 Å². The van der Waals surface area contributed by atoms with Crippen molar-refractivity contribution in [3.8, 4) is 0 Å². The van der Waals surface area contributed by atoms with Crippen molar-refractivity contribution >= 4 is 28.8 Å². The zero-order valence-electron chi connectivity index (χ0n) is 11.6. The number of nitrogens with zero attached hydrogens (tertiary/aromatic N) is 1. The minimum absolute atomic E-state index is 0.0128. The summed E-state index contributed by atoms with van der Waals surface area (Å²) in [6.07, 6.45) is 0. The normalized spacial score (nSPS) is 12.2. The highest BCUT2D eigenvalue weighted by molar-refractivity contribution is 7.12. The molecule has 2 heterocycles.